The van der Waals surface area contributed by atoms with Crippen LogP contribution in [0.3, 0.4) is 0 Å². The fraction of sp³-hybridized carbons (Fsp3) is 0.379. The Labute approximate surface area is 249 Å². The van der Waals surface area contributed by atoms with Gasteiger partial charge in [0.1, 0.15) is 16.7 Å². The van der Waals surface area contributed by atoms with Crippen molar-refractivity contribution in [2.24, 2.45) is 5.14 Å². The Bertz CT molecular complexity index is 1670. The first-order valence-corrected chi connectivity index (χ1v) is 18.1. The number of hydrogen-bond acceptors (Lipinski definition) is 8. The summed E-state index contributed by atoms with van der Waals surface area (Å²) in [6, 6.07) is 19.1. The van der Waals surface area contributed by atoms with Crippen LogP contribution < -0.4 is 14.6 Å². The number of aliphatic hydroxyl groups excluding tert-OH is 1. The minimum atomic E-state index is -4.31. The Morgan fingerprint density at radius 1 is 0.833 bits per heavy atom. The van der Waals surface area contributed by atoms with E-state index in [1.54, 1.807) is 44.2 Å². The van der Waals surface area contributed by atoms with E-state index in [-0.39, 0.29) is 28.4 Å². The molecule has 0 saturated carbocycles. The molecular weight excluding hydrogens is 601 g/mol. The standard InChI is InChI=1S/C29H38N2O8S3/c1-4-25(14-8-9-16-27(21(2)32)39-24-13-10-15-26(20-24)42(37,38)31-3)40(33,34)29-19-23(22-11-6-5-7-12-22)17-18-28(29)41(30,35)36/h5-7,10-13,15,17-21,25,27,31-32H,4,8-9,14,16H2,1-3H3,(H2,30,35,36)/t21-,25?,27?/m0/s1. The minimum absolute atomic E-state index is 0.0260. The molecule has 230 valence electrons. The Kier molecular flexibility index (Phi) is 11.3. The number of sulfonamides is 2. The lowest BCUT2D eigenvalue weighted by Crippen LogP contribution is -2.29. The van der Waals surface area contributed by atoms with E-state index in [9.17, 15) is 30.4 Å². The predicted molar refractivity (Wildman–Crippen MR) is 162 cm³/mol. The van der Waals surface area contributed by atoms with Gasteiger partial charge in [-0.25, -0.2) is 35.1 Å². The van der Waals surface area contributed by atoms with Crippen LogP contribution >= 0.6 is 0 Å². The summed E-state index contributed by atoms with van der Waals surface area (Å²) in [6.07, 6.45) is 0.308. The van der Waals surface area contributed by atoms with Crippen LogP contribution in [0.4, 0.5) is 0 Å². The lowest BCUT2D eigenvalue weighted by molar-refractivity contribution is 0.0416. The van der Waals surface area contributed by atoms with Crippen molar-refractivity contribution in [3.8, 4) is 16.9 Å². The summed E-state index contributed by atoms with van der Waals surface area (Å²) in [4.78, 5) is -0.733. The highest BCUT2D eigenvalue weighted by molar-refractivity contribution is 7.94. The third-order valence-corrected chi connectivity index (χ3v) is 11.9. The predicted octanol–water partition coefficient (Wildman–Crippen LogP) is 3.85. The fourth-order valence-corrected chi connectivity index (χ4v) is 8.63. The van der Waals surface area contributed by atoms with E-state index in [0.717, 1.165) is 5.56 Å². The topological polar surface area (TPSA) is 170 Å². The highest BCUT2D eigenvalue weighted by atomic mass is 32.2. The molecule has 3 aromatic rings. The molecule has 0 spiro atoms. The van der Waals surface area contributed by atoms with Crippen molar-refractivity contribution in [1.82, 2.24) is 4.72 Å². The molecule has 4 N–H and O–H groups in total. The maximum atomic E-state index is 13.8. The third-order valence-electron chi connectivity index (χ3n) is 7.03. The summed E-state index contributed by atoms with van der Waals surface area (Å²) >= 11 is 0. The average molecular weight is 639 g/mol. The molecule has 0 radical (unpaired) electrons. The number of ether oxygens (including phenoxy) is 1. The normalized spacial score (nSPS) is 14.7. The zero-order valence-corrected chi connectivity index (χ0v) is 26.3. The van der Waals surface area contributed by atoms with Crippen LogP contribution in [0, 0.1) is 0 Å². The smallest absolute Gasteiger partial charge is 0.240 e. The molecule has 0 aliphatic rings. The van der Waals surface area contributed by atoms with Crippen molar-refractivity contribution < 1.29 is 35.1 Å². The van der Waals surface area contributed by atoms with E-state index in [1.807, 2.05) is 6.07 Å². The van der Waals surface area contributed by atoms with Crippen molar-refractivity contribution in [2.45, 2.75) is 78.1 Å². The second kappa shape index (κ2) is 14.1. The molecule has 10 nitrogen and oxygen atoms in total. The van der Waals surface area contributed by atoms with Crippen molar-refractivity contribution in [3.05, 3.63) is 72.8 Å². The van der Waals surface area contributed by atoms with Crippen LogP contribution in [0.2, 0.25) is 0 Å². The van der Waals surface area contributed by atoms with Gasteiger partial charge in [0.25, 0.3) is 0 Å². The minimum Gasteiger partial charge on any atom is -0.488 e. The highest BCUT2D eigenvalue weighted by Gasteiger charge is 2.32. The van der Waals surface area contributed by atoms with Crippen LogP contribution in [0.15, 0.2) is 87.5 Å². The number of hydrogen-bond donors (Lipinski definition) is 3. The first kappa shape index (κ1) is 33.7. The van der Waals surface area contributed by atoms with Gasteiger partial charge < -0.3 is 9.84 Å². The van der Waals surface area contributed by atoms with Gasteiger partial charge in [-0.2, -0.15) is 0 Å². The second-order valence-electron chi connectivity index (χ2n) is 10.0. The molecule has 2 unspecified atom stereocenters. The number of rotatable bonds is 15. The third kappa shape index (κ3) is 8.39. The Morgan fingerprint density at radius 2 is 1.50 bits per heavy atom. The molecular formula is C29H38N2O8S3. The van der Waals surface area contributed by atoms with Crippen molar-refractivity contribution >= 4 is 29.9 Å². The molecule has 13 heteroatoms. The van der Waals surface area contributed by atoms with Crippen molar-refractivity contribution in [2.75, 3.05) is 7.05 Å². The van der Waals surface area contributed by atoms with Gasteiger partial charge in [-0.3, -0.25) is 0 Å². The number of nitrogens with one attached hydrogen (secondary N) is 1. The van der Waals surface area contributed by atoms with Gasteiger partial charge in [0.15, 0.2) is 9.84 Å². The van der Waals surface area contributed by atoms with Crippen molar-refractivity contribution in [3.63, 3.8) is 0 Å². The van der Waals surface area contributed by atoms with Crippen LogP contribution in [-0.4, -0.2) is 54.9 Å². The van der Waals surface area contributed by atoms with E-state index in [1.165, 1.54) is 43.4 Å². The second-order valence-corrected chi connectivity index (χ2v) is 15.6. The maximum Gasteiger partial charge on any atom is 0.240 e. The van der Waals surface area contributed by atoms with E-state index in [4.69, 9.17) is 9.88 Å². The largest absolute Gasteiger partial charge is 0.488 e. The summed E-state index contributed by atoms with van der Waals surface area (Å²) in [5, 5.41) is 14.8. The average Bonchev–Trinajstić information content (AvgIpc) is 2.96. The zero-order valence-electron chi connectivity index (χ0n) is 23.8. The van der Waals surface area contributed by atoms with Gasteiger partial charge in [0, 0.05) is 6.07 Å². The summed E-state index contributed by atoms with van der Waals surface area (Å²) in [7, 11) is -10.8. The van der Waals surface area contributed by atoms with E-state index in [2.05, 4.69) is 4.72 Å². The lowest BCUT2D eigenvalue weighted by Gasteiger charge is -2.23. The van der Waals surface area contributed by atoms with Gasteiger partial charge in [0.05, 0.1) is 21.1 Å². The number of unbranched alkanes of at least 4 members (excludes halogenated alkanes) is 1. The fourth-order valence-electron chi connectivity index (χ4n) is 4.66. The lowest BCUT2D eigenvalue weighted by atomic mass is 10.0. The van der Waals surface area contributed by atoms with E-state index < -0.39 is 52.2 Å². The van der Waals surface area contributed by atoms with Crippen LogP contribution in [0.1, 0.15) is 46.0 Å². The zero-order chi connectivity index (χ0) is 31.1. The number of nitrogens with two attached hydrogens (primary N) is 1. The molecule has 0 aromatic heterocycles. The molecule has 3 aromatic carbocycles. The van der Waals surface area contributed by atoms with Gasteiger partial charge in [-0.05, 0) is 75.0 Å². The summed E-state index contributed by atoms with van der Waals surface area (Å²) in [5.41, 5.74) is 1.29. The Hall–Kier alpha value is -2.81. The molecule has 3 atom stereocenters. The van der Waals surface area contributed by atoms with Gasteiger partial charge >= 0.3 is 0 Å². The Morgan fingerprint density at radius 3 is 2.10 bits per heavy atom. The quantitative estimate of drug-likeness (QED) is 0.211. The number of sulfone groups is 1. The highest BCUT2D eigenvalue weighted by Crippen LogP contribution is 2.32. The van der Waals surface area contributed by atoms with Crippen molar-refractivity contribution in [1.29, 1.82) is 0 Å². The molecule has 42 heavy (non-hydrogen) atoms. The monoisotopic (exact) mass is 638 g/mol. The Balaban J connectivity index is 1.76. The molecule has 0 saturated heterocycles. The molecule has 0 bridgehead atoms. The summed E-state index contributed by atoms with van der Waals surface area (Å²) < 4.78 is 84.6. The van der Waals surface area contributed by atoms with Crippen LogP contribution in [-0.2, 0) is 29.9 Å². The molecule has 3 rings (SSSR count). The van der Waals surface area contributed by atoms with E-state index in [0.29, 0.717) is 24.8 Å². The molecule has 0 aliphatic carbocycles. The summed E-state index contributed by atoms with van der Waals surface area (Å²) in [6.45, 7) is 3.29. The maximum absolute atomic E-state index is 13.8. The first-order chi connectivity index (χ1) is 19.7. The van der Waals surface area contributed by atoms with Gasteiger partial charge in [0.2, 0.25) is 20.0 Å². The first-order valence-electron chi connectivity index (χ1n) is 13.5. The van der Waals surface area contributed by atoms with Gasteiger partial charge in [-0.15, -0.1) is 0 Å². The van der Waals surface area contributed by atoms with Crippen LogP contribution in [0.5, 0.6) is 5.75 Å². The number of benzene rings is 3. The molecule has 0 heterocycles. The summed E-state index contributed by atoms with van der Waals surface area (Å²) in [5.74, 6) is 0.278. The van der Waals surface area contributed by atoms with E-state index >= 15 is 0 Å². The SMILES string of the molecule is CCC(CCCCC(Oc1cccc(S(=O)(=O)NC)c1)[C@H](C)O)S(=O)(=O)c1cc(-c2ccccc2)ccc1S(N)(=O)=O. The van der Waals surface area contributed by atoms with Gasteiger partial charge in [-0.1, -0.05) is 55.8 Å². The van der Waals surface area contributed by atoms with Crippen LogP contribution in [0.25, 0.3) is 11.1 Å². The number of aliphatic hydroxyl groups is 1. The molecule has 0 fully saturated rings. The molecule has 0 amide bonds. The molecule has 0 aliphatic heterocycles. The number of primary sulfonamides is 1.